The van der Waals surface area contributed by atoms with Gasteiger partial charge in [-0.3, -0.25) is 0 Å². The first kappa shape index (κ1) is 13.3. The molecule has 0 aliphatic rings. The van der Waals surface area contributed by atoms with Crippen LogP contribution in [0.4, 0.5) is 4.39 Å². The van der Waals surface area contributed by atoms with E-state index >= 15 is 0 Å². The molecule has 0 aromatic heterocycles. The van der Waals surface area contributed by atoms with Crippen LogP contribution in [0.15, 0.2) is 40.9 Å². The van der Waals surface area contributed by atoms with Gasteiger partial charge in [0.1, 0.15) is 5.75 Å². The fourth-order valence-corrected chi connectivity index (χ4v) is 2.08. The Morgan fingerprint density at radius 3 is 2.67 bits per heavy atom. The molecule has 0 aliphatic carbocycles. The fraction of sp³-hybridized carbons (Fsp3) is 0.0769. The van der Waals surface area contributed by atoms with E-state index in [2.05, 4.69) is 15.9 Å². The van der Waals surface area contributed by atoms with E-state index in [1.165, 1.54) is 12.1 Å². The summed E-state index contributed by atoms with van der Waals surface area (Å²) in [5.74, 6) is -0.0920. The fourth-order valence-electron chi connectivity index (χ4n) is 1.41. The lowest BCUT2D eigenvalue weighted by Crippen LogP contribution is -1.91. The third-order valence-corrected chi connectivity index (χ3v) is 3.23. The molecule has 0 radical (unpaired) electrons. The van der Waals surface area contributed by atoms with Crippen LogP contribution in [-0.4, -0.2) is 5.11 Å². The molecule has 0 unspecified atom stereocenters. The van der Waals surface area contributed by atoms with Crippen molar-refractivity contribution in [1.82, 2.24) is 0 Å². The molecular formula is C13H9BrClFO2. The monoisotopic (exact) mass is 330 g/mol. The van der Waals surface area contributed by atoms with Crippen LogP contribution in [0.25, 0.3) is 0 Å². The van der Waals surface area contributed by atoms with Crippen molar-refractivity contribution < 1.29 is 14.2 Å². The Labute approximate surface area is 117 Å². The highest BCUT2D eigenvalue weighted by atomic mass is 79.9. The zero-order valence-electron chi connectivity index (χ0n) is 9.16. The standard InChI is InChI=1S/C13H9BrClFO2/c14-9-6-8(7-17)4-5-11(9)18-12-3-1-2-10(15)13(12)16/h1-6,17H,7H2. The molecule has 0 saturated heterocycles. The average molecular weight is 332 g/mol. The smallest absolute Gasteiger partial charge is 0.184 e. The van der Waals surface area contributed by atoms with E-state index in [0.29, 0.717) is 10.2 Å². The highest BCUT2D eigenvalue weighted by Gasteiger charge is 2.10. The summed E-state index contributed by atoms with van der Waals surface area (Å²) in [5.41, 5.74) is 0.737. The minimum Gasteiger partial charge on any atom is -0.453 e. The van der Waals surface area contributed by atoms with Gasteiger partial charge in [0.15, 0.2) is 11.6 Å². The van der Waals surface area contributed by atoms with Crippen molar-refractivity contribution in [3.05, 3.63) is 57.3 Å². The van der Waals surface area contributed by atoms with Gasteiger partial charge >= 0.3 is 0 Å². The molecule has 1 N–H and O–H groups in total. The molecule has 18 heavy (non-hydrogen) atoms. The molecule has 2 aromatic rings. The second-order valence-corrected chi connectivity index (χ2v) is 4.84. The molecule has 0 aliphatic heterocycles. The SMILES string of the molecule is OCc1ccc(Oc2cccc(Cl)c2F)c(Br)c1. The van der Waals surface area contributed by atoms with Gasteiger partial charge in [0, 0.05) is 0 Å². The van der Waals surface area contributed by atoms with E-state index in [4.69, 9.17) is 21.4 Å². The summed E-state index contributed by atoms with van der Waals surface area (Å²) >= 11 is 8.96. The van der Waals surface area contributed by atoms with Crippen molar-refractivity contribution in [2.24, 2.45) is 0 Å². The number of benzene rings is 2. The van der Waals surface area contributed by atoms with E-state index in [1.54, 1.807) is 24.3 Å². The Morgan fingerprint density at radius 1 is 1.22 bits per heavy atom. The van der Waals surface area contributed by atoms with Gasteiger partial charge in [0.05, 0.1) is 16.1 Å². The van der Waals surface area contributed by atoms with Gasteiger partial charge in [0.2, 0.25) is 0 Å². The van der Waals surface area contributed by atoms with Crippen molar-refractivity contribution in [3.63, 3.8) is 0 Å². The second-order valence-electron chi connectivity index (χ2n) is 3.58. The van der Waals surface area contributed by atoms with Gasteiger partial charge < -0.3 is 9.84 Å². The highest BCUT2D eigenvalue weighted by Crippen LogP contribution is 2.33. The van der Waals surface area contributed by atoms with Crippen molar-refractivity contribution in [3.8, 4) is 11.5 Å². The Kier molecular flexibility index (Phi) is 4.22. The van der Waals surface area contributed by atoms with E-state index in [0.717, 1.165) is 5.56 Å². The second kappa shape index (κ2) is 5.69. The highest BCUT2D eigenvalue weighted by molar-refractivity contribution is 9.10. The summed E-state index contributed by atoms with van der Waals surface area (Å²) in [4.78, 5) is 0. The van der Waals surface area contributed by atoms with E-state index in [9.17, 15) is 4.39 Å². The number of hydrogen-bond acceptors (Lipinski definition) is 2. The van der Waals surface area contributed by atoms with Crippen molar-refractivity contribution in [2.45, 2.75) is 6.61 Å². The number of aliphatic hydroxyl groups is 1. The Hall–Kier alpha value is -1.10. The number of rotatable bonds is 3. The molecule has 0 atom stereocenters. The van der Waals surface area contributed by atoms with Crippen LogP contribution in [0.1, 0.15) is 5.56 Å². The molecule has 2 rings (SSSR count). The Morgan fingerprint density at radius 2 is 2.00 bits per heavy atom. The summed E-state index contributed by atoms with van der Waals surface area (Å²) in [7, 11) is 0. The van der Waals surface area contributed by atoms with Crippen LogP contribution >= 0.6 is 27.5 Å². The van der Waals surface area contributed by atoms with Crippen molar-refractivity contribution in [2.75, 3.05) is 0 Å². The normalized spacial score (nSPS) is 10.4. The molecule has 0 spiro atoms. The van der Waals surface area contributed by atoms with Crippen LogP contribution in [0.5, 0.6) is 11.5 Å². The Balaban J connectivity index is 2.31. The minimum absolute atomic E-state index is 0.00982. The van der Waals surface area contributed by atoms with E-state index in [1.807, 2.05) is 0 Å². The number of halogens is 3. The van der Waals surface area contributed by atoms with Crippen LogP contribution in [0.3, 0.4) is 0 Å². The molecular weight excluding hydrogens is 322 g/mol. The molecule has 2 aromatic carbocycles. The lowest BCUT2D eigenvalue weighted by molar-refractivity contribution is 0.281. The number of ether oxygens (including phenoxy) is 1. The molecule has 2 nitrogen and oxygen atoms in total. The van der Waals surface area contributed by atoms with Gasteiger partial charge in [-0.25, -0.2) is 4.39 Å². The maximum absolute atomic E-state index is 13.7. The lowest BCUT2D eigenvalue weighted by atomic mass is 10.2. The predicted octanol–water partition coefficient (Wildman–Crippen LogP) is 4.53. The third-order valence-electron chi connectivity index (χ3n) is 2.31. The van der Waals surface area contributed by atoms with Crippen LogP contribution in [0.2, 0.25) is 5.02 Å². The quantitative estimate of drug-likeness (QED) is 0.895. The third kappa shape index (κ3) is 2.83. The summed E-state index contributed by atoms with van der Waals surface area (Å²) in [6.07, 6.45) is 0. The first-order valence-electron chi connectivity index (χ1n) is 5.13. The molecule has 94 valence electrons. The Bertz CT molecular complexity index is 575. The van der Waals surface area contributed by atoms with Gasteiger partial charge in [-0.15, -0.1) is 0 Å². The largest absolute Gasteiger partial charge is 0.453 e. The van der Waals surface area contributed by atoms with E-state index < -0.39 is 5.82 Å². The van der Waals surface area contributed by atoms with Gasteiger partial charge in [0.25, 0.3) is 0 Å². The lowest BCUT2D eigenvalue weighted by Gasteiger charge is -2.10. The molecule has 0 fully saturated rings. The van der Waals surface area contributed by atoms with Crippen LogP contribution in [-0.2, 0) is 6.61 Å². The topological polar surface area (TPSA) is 29.5 Å². The van der Waals surface area contributed by atoms with Crippen molar-refractivity contribution >= 4 is 27.5 Å². The number of hydrogen-bond donors (Lipinski definition) is 1. The minimum atomic E-state index is -0.600. The summed E-state index contributed by atoms with van der Waals surface area (Å²) < 4.78 is 19.7. The zero-order chi connectivity index (χ0) is 13.1. The zero-order valence-corrected chi connectivity index (χ0v) is 11.5. The summed E-state index contributed by atoms with van der Waals surface area (Å²) in [5, 5.41) is 8.99. The summed E-state index contributed by atoms with van der Waals surface area (Å²) in [6, 6.07) is 9.61. The van der Waals surface area contributed by atoms with Crippen LogP contribution < -0.4 is 4.74 Å². The first-order valence-corrected chi connectivity index (χ1v) is 6.30. The van der Waals surface area contributed by atoms with E-state index in [-0.39, 0.29) is 17.4 Å². The molecule has 0 saturated carbocycles. The predicted molar refractivity (Wildman–Crippen MR) is 71.5 cm³/mol. The molecule has 0 heterocycles. The maximum atomic E-state index is 13.7. The molecule has 0 bridgehead atoms. The maximum Gasteiger partial charge on any atom is 0.184 e. The first-order chi connectivity index (χ1) is 8.61. The molecule has 5 heteroatoms. The van der Waals surface area contributed by atoms with Gasteiger partial charge in [-0.05, 0) is 45.8 Å². The summed E-state index contributed by atoms with van der Waals surface area (Å²) in [6.45, 7) is -0.0651. The van der Waals surface area contributed by atoms with Gasteiger partial charge in [-0.2, -0.15) is 0 Å². The van der Waals surface area contributed by atoms with Crippen molar-refractivity contribution in [1.29, 1.82) is 0 Å². The average Bonchev–Trinajstić information content (AvgIpc) is 2.37. The van der Waals surface area contributed by atoms with Gasteiger partial charge in [-0.1, -0.05) is 23.7 Å². The number of aliphatic hydroxyl groups excluding tert-OH is 1. The van der Waals surface area contributed by atoms with Crippen LogP contribution in [0, 0.1) is 5.82 Å². The molecule has 0 amide bonds.